The molecule has 0 bridgehead atoms. The topological polar surface area (TPSA) is 26.3 Å². The molecule has 2 nitrogen and oxygen atoms in total. The maximum Gasteiger partial charge on any atom is 0.254 e. The van der Waals surface area contributed by atoms with Gasteiger partial charge >= 0.3 is 0 Å². The molecule has 0 saturated heterocycles. The highest BCUT2D eigenvalue weighted by Crippen LogP contribution is 2.31. The summed E-state index contributed by atoms with van der Waals surface area (Å²) < 4.78 is 6.22. The fourth-order valence-corrected chi connectivity index (χ4v) is 2.79. The highest BCUT2D eigenvalue weighted by atomic mass is 79.9. The number of halogens is 3. The van der Waals surface area contributed by atoms with Gasteiger partial charge in [0.15, 0.2) is 0 Å². The zero-order chi connectivity index (χ0) is 10.0. The standard InChI is InChI=1S/C8H5Br2ClO2/c1-13-4-2-5(9)7(8(11)12)6(10)3-4/h2-3H,1H3. The largest absolute Gasteiger partial charge is 0.497 e. The maximum absolute atomic E-state index is 11.0. The molecule has 0 fully saturated rings. The van der Waals surface area contributed by atoms with Crippen molar-refractivity contribution in [2.75, 3.05) is 7.11 Å². The number of carbonyl (C=O) groups is 1. The minimum absolute atomic E-state index is 0.405. The summed E-state index contributed by atoms with van der Waals surface area (Å²) >= 11 is 11.8. The van der Waals surface area contributed by atoms with E-state index < -0.39 is 5.24 Å². The van der Waals surface area contributed by atoms with Crippen LogP contribution in [0.15, 0.2) is 21.1 Å². The van der Waals surface area contributed by atoms with Crippen molar-refractivity contribution in [3.8, 4) is 5.75 Å². The number of carbonyl (C=O) groups excluding carboxylic acids is 1. The fraction of sp³-hybridized carbons (Fsp3) is 0.125. The van der Waals surface area contributed by atoms with Crippen LogP contribution in [0.3, 0.4) is 0 Å². The van der Waals surface area contributed by atoms with Gasteiger partial charge in [-0.3, -0.25) is 4.79 Å². The average Bonchev–Trinajstić information content (AvgIpc) is 2.02. The van der Waals surface area contributed by atoms with Crippen LogP contribution in [-0.2, 0) is 0 Å². The van der Waals surface area contributed by atoms with Gasteiger partial charge in [0, 0.05) is 8.95 Å². The number of hydrogen-bond acceptors (Lipinski definition) is 2. The van der Waals surface area contributed by atoms with Crippen LogP contribution in [0.5, 0.6) is 5.75 Å². The molecule has 1 aromatic carbocycles. The summed E-state index contributed by atoms with van der Waals surface area (Å²) in [5.41, 5.74) is 0.405. The average molecular weight is 328 g/mol. The Morgan fingerprint density at radius 2 is 1.85 bits per heavy atom. The Balaban J connectivity index is 3.31. The first kappa shape index (κ1) is 11.0. The normalized spacial score (nSPS) is 9.85. The van der Waals surface area contributed by atoms with Crippen molar-refractivity contribution in [2.45, 2.75) is 0 Å². The molecule has 0 aliphatic heterocycles. The van der Waals surface area contributed by atoms with E-state index in [2.05, 4.69) is 31.9 Å². The molecule has 0 aromatic heterocycles. The molecule has 0 spiro atoms. The molecule has 0 N–H and O–H groups in total. The van der Waals surface area contributed by atoms with Crippen molar-refractivity contribution in [2.24, 2.45) is 0 Å². The van der Waals surface area contributed by atoms with Crippen molar-refractivity contribution in [3.05, 3.63) is 26.6 Å². The smallest absolute Gasteiger partial charge is 0.254 e. The number of methoxy groups -OCH3 is 1. The number of benzene rings is 1. The summed E-state index contributed by atoms with van der Waals surface area (Å²) in [6.45, 7) is 0. The van der Waals surface area contributed by atoms with E-state index in [4.69, 9.17) is 16.3 Å². The Morgan fingerprint density at radius 3 is 2.15 bits per heavy atom. The van der Waals surface area contributed by atoms with Gasteiger partial charge in [0.25, 0.3) is 5.24 Å². The summed E-state index contributed by atoms with van der Waals surface area (Å²) in [5, 5.41) is -0.513. The second-order valence-corrected chi connectivity index (χ2v) is 4.29. The fourth-order valence-electron chi connectivity index (χ4n) is 0.856. The van der Waals surface area contributed by atoms with Crippen LogP contribution in [0.2, 0.25) is 0 Å². The second-order valence-electron chi connectivity index (χ2n) is 2.24. The van der Waals surface area contributed by atoms with Crippen LogP contribution < -0.4 is 4.74 Å². The number of rotatable bonds is 2. The van der Waals surface area contributed by atoms with E-state index >= 15 is 0 Å². The van der Waals surface area contributed by atoms with Crippen LogP contribution in [0, 0.1) is 0 Å². The number of hydrogen-bond donors (Lipinski definition) is 0. The van der Waals surface area contributed by atoms with Gasteiger partial charge in [0.2, 0.25) is 0 Å². The lowest BCUT2D eigenvalue weighted by Gasteiger charge is -2.05. The Hall–Kier alpha value is -0.0600. The first-order valence-corrected chi connectivity index (χ1v) is 5.25. The van der Waals surface area contributed by atoms with Gasteiger partial charge in [0.05, 0.1) is 12.7 Å². The highest BCUT2D eigenvalue weighted by Gasteiger charge is 2.13. The van der Waals surface area contributed by atoms with Crippen molar-refractivity contribution < 1.29 is 9.53 Å². The molecule has 1 aromatic rings. The predicted molar refractivity (Wildman–Crippen MR) is 58.6 cm³/mol. The molecule has 5 heteroatoms. The SMILES string of the molecule is COc1cc(Br)c(C(=O)Cl)c(Br)c1. The first-order chi connectivity index (χ1) is 6.06. The van der Waals surface area contributed by atoms with Crippen molar-refractivity contribution in [1.29, 1.82) is 0 Å². The van der Waals surface area contributed by atoms with E-state index in [0.29, 0.717) is 20.3 Å². The lowest BCUT2D eigenvalue weighted by atomic mass is 10.2. The Labute approximate surface area is 97.5 Å². The molecule has 0 saturated carbocycles. The zero-order valence-corrected chi connectivity index (χ0v) is 10.5. The predicted octanol–water partition coefficient (Wildman–Crippen LogP) is 3.60. The van der Waals surface area contributed by atoms with Crippen molar-refractivity contribution in [1.82, 2.24) is 0 Å². The molecule has 0 aliphatic carbocycles. The summed E-state index contributed by atoms with van der Waals surface area (Å²) in [4.78, 5) is 11.0. The molecular weight excluding hydrogens is 323 g/mol. The van der Waals surface area contributed by atoms with Crippen LogP contribution in [0.1, 0.15) is 10.4 Å². The molecule has 0 amide bonds. The van der Waals surface area contributed by atoms with Gasteiger partial charge in [0.1, 0.15) is 5.75 Å². The number of ether oxygens (including phenoxy) is 1. The second kappa shape index (κ2) is 4.44. The third-order valence-corrected chi connectivity index (χ3v) is 2.89. The quantitative estimate of drug-likeness (QED) is 0.776. The molecule has 0 unspecified atom stereocenters. The highest BCUT2D eigenvalue weighted by molar-refractivity contribution is 9.11. The lowest BCUT2D eigenvalue weighted by Crippen LogP contribution is -1.94. The van der Waals surface area contributed by atoms with Gasteiger partial charge in [-0.2, -0.15) is 0 Å². The van der Waals surface area contributed by atoms with Gasteiger partial charge in [-0.05, 0) is 55.6 Å². The lowest BCUT2D eigenvalue weighted by molar-refractivity contribution is 0.108. The van der Waals surface area contributed by atoms with Crippen molar-refractivity contribution >= 4 is 48.7 Å². The van der Waals surface area contributed by atoms with E-state index in [9.17, 15) is 4.79 Å². The van der Waals surface area contributed by atoms with E-state index in [1.807, 2.05) is 0 Å². The molecule has 1 rings (SSSR count). The summed E-state index contributed by atoms with van der Waals surface area (Å²) in [7, 11) is 1.55. The Kier molecular flexibility index (Phi) is 3.76. The third kappa shape index (κ3) is 2.45. The molecule has 13 heavy (non-hydrogen) atoms. The zero-order valence-electron chi connectivity index (χ0n) is 6.61. The molecule has 0 heterocycles. The minimum atomic E-state index is -0.513. The summed E-state index contributed by atoms with van der Waals surface area (Å²) in [6.07, 6.45) is 0. The van der Waals surface area contributed by atoms with E-state index in [1.54, 1.807) is 19.2 Å². The van der Waals surface area contributed by atoms with Crippen LogP contribution in [-0.4, -0.2) is 12.4 Å². The van der Waals surface area contributed by atoms with Gasteiger partial charge in [-0.1, -0.05) is 0 Å². The Morgan fingerprint density at radius 1 is 1.38 bits per heavy atom. The third-order valence-electron chi connectivity index (χ3n) is 1.45. The van der Waals surface area contributed by atoms with E-state index in [0.717, 1.165) is 0 Å². The molecule has 70 valence electrons. The van der Waals surface area contributed by atoms with Crippen LogP contribution >= 0.6 is 43.5 Å². The van der Waals surface area contributed by atoms with Crippen LogP contribution in [0.25, 0.3) is 0 Å². The minimum Gasteiger partial charge on any atom is -0.497 e. The summed E-state index contributed by atoms with van der Waals surface area (Å²) in [6, 6.07) is 3.36. The van der Waals surface area contributed by atoms with Crippen molar-refractivity contribution in [3.63, 3.8) is 0 Å². The molecule has 0 atom stereocenters. The summed E-state index contributed by atoms with van der Waals surface area (Å²) in [5.74, 6) is 0.653. The van der Waals surface area contributed by atoms with Gasteiger partial charge in [-0.15, -0.1) is 0 Å². The Bertz CT molecular complexity index is 329. The van der Waals surface area contributed by atoms with Crippen LogP contribution in [0.4, 0.5) is 0 Å². The van der Waals surface area contributed by atoms with E-state index in [-0.39, 0.29) is 0 Å². The molecule has 0 radical (unpaired) electrons. The van der Waals surface area contributed by atoms with Gasteiger partial charge in [-0.25, -0.2) is 0 Å². The van der Waals surface area contributed by atoms with Gasteiger partial charge < -0.3 is 4.74 Å². The van der Waals surface area contributed by atoms with E-state index in [1.165, 1.54) is 0 Å². The monoisotopic (exact) mass is 326 g/mol. The maximum atomic E-state index is 11.0. The first-order valence-electron chi connectivity index (χ1n) is 3.29. The molecular formula is C8H5Br2ClO2. The molecule has 0 aliphatic rings.